The zero-order valence-corrected chi connectivity index (χ0v) is 10.5. The van der Waals surface area contributed by atoms with E-state index < -0.39 is 17.7 Å². The van der Waals surface area contributed by atoms with Gasteiger partial charge in [-0.2, -0.15) is 0 Å². The SMILES string of the molecule is CCc1occc1C(N)c1cc(F)c(F)cc1Cl. The third-order valence-electron chi connectivity index (χ3n) is 2.81. The van der Waals surface area contributed by atoms with Crippen molar-refractivity contribution in [2.24, 2.45) is 5.73 Å². The third kappa shape index (κ3) is 2.26. The lowest BCUT2D eigenvalue weighted by atomic mass is 9.99. The van der Waals surface area contributed by atoms with Crippen molar-refractivity contribution in [2.45, 2.75) is 19.4 Å². The highest BCUT2D eigenvalue weighted by Gasteiger charge is 2.19. The van der Waals surface area contributed by atoms with Crippen molar-refractivity contribution < 1.29 is 13.2 Å². The molecule has 0 spiro atoms. The third-order valence-corrected chi connectivity index (χ3v) is 3.14. The maximum atomic E-state index is 13.2. The largest absolute Gasteiger partial charge is 0.469 e. The summed E-state index contributed by atoms with van der Waals surface area (Å²) in [5, 5.41) is 0.102. The van der Waals surface area contributed by atoms with E-state index in [0.29, 0.717) is 17.7 Å². The minimum Gasteiger partial charge on any atom is -0.469 e. The molecule has 96 valence electrons. The van der Waals surface area contributed by atoms with E-state index in [9.17, 15) is 8.78 Å². The van der Waals surface area contributed by atoms with Gasteiger partial charge in [0.2, 0.25) is 0 Å². The second kappa shape index (κ2) is 5.08. The van der Waals surface area contributed by atoms with E-state index in [-0.39, 0.29) is 5.02 Å². The Morgan fingerprint density at radius 1 is 1.28 bits per heavy atom. The lowest BCUT2D eigenvalue weighted by molar-refractivity contribution is 0.503. The fourth-order valence-corrected chi connectivity index (χ4v) is 2.13. The molecule has 0 bridgehead atoms. The summed E-state index contributed by atoms with van der Waals surface area (Å²) in [7, 11) is 0. The summed E-state index contributed by atoms with van der Waals surface area (Å²) in [6, 6.07) is 3.02. The standard InChI is InChI=1S/C13H12ClF2NO/c1-2-12-7(3-4-18-12)13(17)8-5-10(15)11(16)6-9(8)14/h3-6,13H,2,17H2,1H3. The Kier molecular flexibility index (Phi) is 3.68. The predicted octanol–water partition coefficient (Wildman–Crippen LogP) is 3.82. The molecule has 1 aromatic carbocycles. The fourth-order valence-electron chi connectivity index (χ4n) is 1.86. The molecule has 0 amide bonds. The molecule has 0 aliphatic rings. The van der Waals surface area contributed by atoms with Crippen LogP contribution in [-0.4, -0.2) is 0 Å². The summed E-state index contributed by atoms with van der Waals surface area (Å²) in [6.45, 7) is 1.92. The minimum absolute atomic E-state index is 0.102. The van der Waals surface area contributed by atoms with Crippen molar-refractivity contribution in [3.63, 3.8) is 0 Å². The van der Waals surface area contributed by atoms with Crippen LogP contribution in [-0.2, 0) is 6.42 Å². The van der Waals surface area contributed by atoms with Crippen molar-refractivity contribution in [1.82, 2.24) is 0 Å². The number of furan rings is 1. The molecule has 2 aromatic rings. The highest BCUT2D eigenvalue weighted by molar-refractivity contribution is 6.31. The monoisotopic (exact) mass is 271 g/mol. The number of hydrogen-bond donors (Lipinski definition) is 1. The number of nitrogens with two attached hydrogens (primary N) is 1. The van der Waals surface area contributed by atoms with Crippen LogP contribution in [0.15, 0.2) is 28.9 Å². The van der Waals surface area contributed by atoms with Gasteiger partial charge >= 0.3 is 0 Å². The van der Waals surface area contributed by atoms with Crippen LogP contribution in [0, 0.1) is 11.6 Å². The first-order chi connectivity index (χ1) is 8.54. The maximum Gasteiger partial charge on any atom is 0.160 e. The summed E-state index contributed by atoms with van der Waals surface area (Å²) < 4.78 is 31.5. The maximum absolute atomic E-state index is 13.2. The van der Waals surface area contributed by atoms with Gasteiger partial charge in [0, 0.05) is 17.0 Å². The zero-order valence-electron chi connectivity index (χ0n) is 9.71. The predicted molar refractivity (Wildman–Crippen MR) is 65.5 cm³/mol. The number of benzene rings is 1. The van der Waals surface area contributed by atoms with Gasteiger partial charge in [-0.25, -0.2) is 8.78 Å². The fraction of sp³-hybridized carbons (Fsp3) is 0.231. The Balaban J connectivity index is 2.46. The topological polar surface area (TPSA) is 39.2 Å². The van der Waals surface area contributed by atoms with Crippen LogP contribution in [0.3, 0.4) is 0 Å². The first kappa shape index (κ1) is 13.1. The molecule has 0 saturated heterocycles. The molecule has 1 heterocycles. The molecule has 1 atom stereocenters. The zero-order chi connectivity index (χ0) is 13.3. The van der Waals surface area contributed by atoms with Gasteiger partial charge in [-0.15, -0.1) is 0 Å². The number of hydrogen-bond acceptors (Lipinski definition) is 2. The Labute approximate surface area is 108 Å². The quantitative estimate of drug-likeness (QED) is 0.862. The van der Waals surface area contributed by atoms with E-state index in [4.69, 9.17) is 21.8 Å². The van der Waals surface area contributed by atoms with E-state index in [1.807, 2.05) is 6.92 Å². The summed E-state index contributed by atoms with van der Waals surface area (Å²) >= 11 is 5.89. The van der Waals surface area contributed by atoms with Crippen LogP contribution in [0.2, 0.25) is 5.02 Å². The van der Waals surface area contributed by atoms with Gasteiger partial charge in [0.1, 0.15) is 5.76 Å². The Bertz CT molecular complexity index is 568. The smallest absolute Gasteiger partial charge is 0.160 e. The number of halogens is 3. The Morgan fingerprint density at radius 2 is 1.94 bits per heavy atom. The molecule has 0 radical (unpaired) electrons. The van der Waals surface area contributed by atoms with E-state index >= 15 is 0 Å². The van der Waals surface area contributed by atoms with E-state index in [0.717, 1.165) is 17.7 Å². The van der Waals surface area contributed by atoms with Gasteiger partial charge in [0.25, 0.3) is 0 Å². The van der Waals surface area contributed by atoms with E-state index in [1.165, 1.54) is 6.26 Å². The summed E-state index contributed by atoms with van der Waals surface area (Å²) in [6.07, 6.45) is 2.18. The van der Waals surface area contributed by atoms with Gasteiger partial charge in [-0.3, -0.25) is 0 Å². The average molecular weight is 272 g/mol. The average Bonchev–Trinajstić information content (AvgIpc) is 2.81. The molecule has 1 aromatic heterocycles. The molecule has 2 rings (SSSR count). The molecule has 18 heavy (non-hydrogen) atoms. The van der Waals surface area contributed by atoms with Crippen LogP contribution in [0.25, 0.3) is 0 Å². The number of aryl methyl sites for hydroxylation is 1. The molecular weight excluding hydrogens is 260 g/mol. The highest BCUT2D eigenvalue weighted by Crippen LogP contribution is 2.30. The first-order valence-electron chi connectivity index (χ1n) is 5.50. The molecule has 0 aliphatic heterocycles. The van der Waals surface area contributed by atoms with Crippen molar-refractivity contribution >= 4 is 11.6 Å². The first-order valence-corrected chi connectivity index (χ1v) is 5.88. The van der Waals surface area contributed by atoms with Gasteiger partial charge < -0.3 is 10.2 Å². The Morgan fingerprint density at radius 3 is 2.61 bits per heavy atom. The van der Waals surface area contributed by atoms with Crippen molar-refractivity contribution in [2.75, 3.05) is 0 Å². The lowest BCUT2D eigenvalue weighted by Gasteiger charge is -2.14. The van der Waals surface area contributed by atoms with Crippen LogP contribution in [0.4, 0.5) is 8.78 Å². The number of rotatable bonds is 3. The molecule has 2 nitrogen and oxygen atoms in total. The van der Waals surface area contributed by atoms with Gasteiger partial charge in [-0.05, 0) is 23.8 Å². The summed E-state index contributed by atoms with van der Waals surface area (Å²) in [5.41, 5.74) is 7.09. The molecule has 2 N–H and O–H groups in total. The summed E-state index contributed by atoms with van der Waals surface area (Å²) in [4.78, 5) is 0. The van der Waals surface area contributed by atoms with Crippen LogP contribution >= 0.6 is 11.6 Å². The second-order valence-electron chi connectivity index (χ2n) is 3.92. The van der Waals surface area contributed by atoms with E-state index in [1.54, 1.807) is 6.07 Å². The summed E-state index contributed by atoms with van der Waals surface area (Å²) in [5.74, 6) is -1.24. The molecule has 5 heteroatoms. The Hall–Kier alpha value is -1.39. The van der Waals surface area contributed by atoms with Gasteiger partial charge in [0.15, 0.2) is 11.6 Å². The van der Waals surface area contributed by atoms with Crippen molar-refractivity contribution in [1.29, 1.82) is 0 Å². The molecular formula is C13H12ClF2NO. The molecule has 0 fully saturated rings. The van der Waals surface area contributed by atoms with Gasteiger partial charge in [0.05, 0.1) is 12.3 Å². The lowest BCUT2D eigenvalue weighted by Crippen LogP contribution is -2.14. The minimum atomic E-state index is -0.987. The van der Waals surface area contributed by atoms with Crippen LogP contribution < -0.4 is 5.73 Å². The normalized spacial score (nSPS) is 12.7. The van der Waals surface area contributed by atoms with Crippen LogP contribution in [0.1, 0.15) is 29.9 Å². The second-order valence-corrected chi connectivity index (χ2v) is 4.33. The highest BCUT2D eigenvalue weighted by atomic mass is 35.5. The van der Waals surface area contributed by atoms with Crippen molar-refractivity contribution in [3.8, 4) is 0 Å². The van der Waals surface area contributed by atoms with Crippen molar-refractivity contribution in [3.05, 3.63) is 58.0 Å². The molecule has 1 unspecified atom stereocenters. The van der Waals surface area contributed by atoms with Crippen LogP contribution in [0.5, 0.6) is 0 Å². The van der Waals surface area contributed by atoms with E-state index in [2.05, 4.69) is 0 Å². The molecule has 0 aliphatic carbocycles. The van der Waals surface area contributed by atoms with Gasteiger partial charge in [-0.1, -0.05) is 18.5 Å². The molecule has 0 saturated carbocycles.